The number of benzene rings is 1. The molecule has 30 heavy (non-hydrogen) atoms. The number of hydrogen-bond donors (Lipinski definition) is 1. The molecule has 4 rings (SSSR count). The van der Waals surface area contributed by atoms with Gasteiger partial charge in [-0.3, -0.25) is 0 Å². The molecule has 7 nitrogen and oxygen atoms in total. The van der Waals surface area contributed by atoms with Gasteiger partial charge in [0.2, 0.25) is 0 Å². The summed E-state index contributed by atoms with van der Waals surface area (Å²) in [5.41, 5.74) is -0.0289. The van der Waals surface area contributed by atoms with Crippen LogP contribution in [0.3, 0.4) is 0 Å². The van der Waals surface area contributed by atoms with Gasteiger partial charge in [0.05, 0.1) is 5.69 Å². The van der Waals surface area contributed by atoms with E-state index in [0.717, 1.165) is 36.9 Å². The lowest BCUT2D eigenvalue weighted by atomic mass is 10.2. The number of piperazine rings is 1. The van der Waals surface area contributed by atoms with Gasteiger partial charge in [0.1, 0.15) is 11.6 Å². The molecule has 1 aromatic heterocycles. The monoisotopic (exact) mass is 416 g/mol. The molecule has 0 aliphatic carbocycles. The molecular weight excluding hydrogens is 390 g/mol. The number of hydrogen-bond acceptors (Lipinski definition) is 5. The molecule has 3 heterocycles. The minimum absolute atomic E-state index is 0.0289. The molecule has 2 saturated heterocycles. The lowest BCUT2D eigenvalue weighted by Crippen LogP contribution is -2.50. The zero-order chi connectivity index (χ0) is 20.9. The van der Waals surface area contributed by atoms with Gasteiger partial charge in [-0.1, -0.05) is 12.8 Å². The van der Waals surface area contributed by atoms with Crippen LogP contribution in [0.4, 0.5) is 30.9 Å². The third-order valence-corrected chi connectivity index (χ3v) is 5.63. The van der Waals surface area contributed by atoms with Gasteiger partial charge >= 0.3 is 6.03 Å². The number of urea groups is 1. The number of nitrogens with one attached hydrogen (secondary N) is 1. The largest absolute Gasteiger partial charge is 0.355 e. The number of rotatable bonds is 3. The molecule has 0 bridgehead atoms. The Kier molecular flexibility index (Phi) is 6.25. The minimum Gasteiger partial charge on any atom is -0.355 e. The summed E-state index contributed by atoms with van der Waals surface area (Å²) in [7, 11) is 0. The maximum absolute atomic E-state index is 13.8. The summed E-state index contributed by atoms with van der Waals surface area (Å²) in [6.45, 7) is 4.22. The van der Waals surface area contributed by atoms with E-state index in [1.165, 1.54) is 31.7 Å². The lowest BCUT2D eigenvalue weighted by molar-refractivity contribution is 0.208. The van der Waals surface area contributed by atoms with Crippen LogP contribution < -0.4 is 15.1 Å². The van der Waals surface area contributed by atoms with Crippen LogP contribution >= 0.6 is 0 Å². The molecule has 0 radical (unpaired) electrons. The van der Waals surface area contributed by atoms with E-state index in [4.69, 9.17) is 0 Å². The lowest BCUT2D eigenvalue weighted by Gasteiger charge is -2.35. The summed E-state index contributed by atoms with van der Waals surface area (Å²) in [6.07, 6.45) is 4.92. The van der Waals surface area contributed by atoms with E-state index < -0.39 is 17.7 Å². The van der Waals surface area contributed by atoms with Crippen LogP contribution in [0.15, 0.2) is 30.3 Å². The normalized spacial score (nSPS) is 17.6. The van der Waals surface area contributed by atoms with E-state index in [1.807, 2.05) is 12.1 Å². The fourth-order valence-electron chi connectivity index (χ4n) is 3.88. The molecule has 2 aliphatic rings. The molecule has 0 saturated carbocycles. The number of carbonyl (C=O) groups excluding carboxylic acids is 1. The SMILES string of the molecule is O=C(Nc1ccc(F)cc1F)N1CCN(c2ccc(N3CCCCCC3)nn2)CC1. The first-order valence-corrected chi connectivity index (χ1v) is 10.4. The Morgan fingerprint density at radius 1 is 0.800 bits per heavy atom. The number of anilines is 3. The fourth-order valence-corrected chi connectivity index (χ4v) is 3.88. The van der Waals surface area contributed by atoms with E-state index in [1.54, 1.807) is 4.90 Å². The van der Waals surface area contributed by atoms with Crippen LogP contribution in [0.25, 0.3) is 0 Å². The first-order valence-electron chi connectivity index (χ1n) is 10.4. The maximum Gasteiger partial charge on any atom is 0.322 e. The topological polar surface area (TPSA) is 64.6 Å². The Hall–Kier alpha value is -2.97. The quantitative estimate of drug-likeness (QED) is 0.830. The Bertz CT molecular complexity index is 862. The highest BCUT2D eigenvalue weighted by Gasteiger charge is 2.23. The third kappa shape index (κ3) is 4.77. The van der Waals surface area contributed by atoms with Crippen molar-refractivity contribution in [2.75, 3.05) is 54.4 Å². The number of halogens is 2. The fraction of sp³-hybridized carbons (Fsp3) is 0.476. The van der Waals surface area contributed by atoms with E-state index >= 15 is 0 Å². The van der Waals surface area contributed by atoms with Crippen molar-refractivity contribution in [3.8, 4) is 0 Å². The highest BCUT2D eigenvalue weighted by molar-refractivity contribution is 5.89. The molecule has 160 valence electrons. The number of aromatic nitrogens is 2. The second kappa shape index (κ2) is 9.23. The van der Waals surface area contributed by atoms with Crippen LogP contribution in [-0.2, 0) is 0 Å². The molecule has 9 heteroatoms. The van der Waals surface area contributed by atoms with Crippen LogP contribution in [0.5, 0.6) is 0 Å². The average Bonchev–Trinajstić information content (AvgIpc) is 3.05. The Morgan fingerprint density at radius 2 is 1.40 bits per heavy atom. The van der Waals surface area contributed by atoms with Crippen molar-refractivity contribution in [1.29, 1.82) is 0 Å². The van der Waals surface area contributed by atoms with Gasteiger partial charge in [-0.2, -0.15) is 0 Å². The zero-order valence-corrected chi connectivity index (χ0v) is 16.9. The molecule has 1 aromatic carbocycles. The van der Waals surface area contributed by atoms with Gasteiger partial charge in [-0.05, 0) is 37.1 Å². The second-order valence-corrected chi connectivity index (χ2v) is 7.68. The van der Waals surface area contributed by atoms with Gasteiger partial charge in [0.15, 0.2) is 11.6 Å². The second-order valence-electron chi connectivity index (χ2n) is 7.68. The Morgan fingerprint density at radius 3 is 1.97 bits per heavy atom. The van der Waals surface area contributed by atoms with Crippen molar-refractivity contribution in [2.45, 2.75) is 25.7 Å². The summed E-state index contributed by atoms with van der Waals surface area (Å²) in [6, 6.07) is 6.69. The minimum atomic E-state index is -0.790. The molecule has 2 fully saturated rings. The van der Waals surface area contributed by atoms with Crippen LogP contribution in [0, 0.1) is 11.6 Å². The van der Waals surface area contributed by atoms with Crippen molar-refractivity contribution in [2.24, 2.45) is 0 Å². The van der Waals surface area contributed by atoms with Crippen molar-refractivity contribution in [3.05, 3.63) is 42.0 Å². The highest BCUT2D eigenvalue weighted by Crippen LogP contribution is 2.20. The standard InChI is InChI=1S/C21H26F2N6O/c22-16-5-6-18(17(23)15-16)24-21(30)29-13-11-28(12-14-29)20-8-7-19(25-26-20)27-9-3-1-2-4-10-27/h5-8,15H,1-4,9-14H2,(H,24,30). The summed E-state index contributed by atoms with van der Waals surface area (Å²) < 4.78 is 26.8. The molecule has 2 amide bonds. The summed E-state index contributed by atoms with van der Waals surface area (Å²) in [5, 5.41) is 11.3. The highest BCUT2D eigenvalue weighted by atomic mass is 19.1. The number of nitrogens with zero attached hydrogens (tertiary/aromatic N) is 5. The van der Waals surface area contributed by atoms with Crippen molar-refractivity contribution in [3.63, 3.8) is 0 Å². The molecule has 0 atom stereocenters. The van der Waals surface area contributed by atoms with Gasteiger partial charge in [-0.15, -0.1) is 10.2 Å². The van der Waals surface area contributed by atoms with Crippen LogP contribution in [0.1, 0.15) is 25.7 Å². The van der Waals surface area contributed by atoms with E-state index in [2.05, 4.69) is 25.3 Å². The van der Waals surface area contributed by atoms with E-state index in [0.29, 0.717) is 26.2 Å². The predicted octanol–water partition coefficient (Wildman–Crippen LogP) is 3.49. The first kappa shape index (κ1) is 20.3. The summed E-state index contributed by atoms with van der Waals surface area (Å²) >= 11 is 0. The summed E-state index contributed by atoms with van der Waals surface area (Å²) in [4.78, 5) is 18.4. The van der Waals surface area contributed by atoms with E-state index in [-0.39, 0.29) is 5.69 Å². The number of amides is 2. The smallest absolute Gasteiger partial charge is 0.322 e. The molecular formula is C21H26F2N6O. The van der Waals surface area contributed by atoms with Gasteiger partial charge in [0.25, 0.3) is 0 Å². The van der Waals surface area contributed by atoms with Crippen LogP contribution in [-0.4, -0.2) is 60.4 Å². The Labute approximate surface area is 174 Å². The average molecular weight is 416 g/mol. The Balaban J connectivity index is 1.31. The van der Waals surface area contributed by atoms with Crippen molar-refractivity contribution in [1.82, 2.24) is 15.1 Å². The zero-order valence-electron chi connectivity index (χ0n) is 16.9. The molecule has 0 unspecified atom stereocenters. The van der Waals surface area contributed by atoms with Gasteiger partial charge in [-0.25, -0.2) is 13.6 Å². The third-order valence-electron chi connectivity index (χ3n) is 5.63. The first-order chi connectivity index (χ1) is 14.6. The van der Waals surface area contributed by atoms with E-state index in [9.17, 15) is 13.6 Å². The summed E-state index contributed by atoms with van der Waals surface area (Å²) in [5.74, 6) is 0.238. The van der Waals surface area contributed by atoms with Crippen molar-refractivity contribution < 1.29 is 13.6 Å². The maximum atomic E-state index is 13.8. The van der Waals surface area contributed by atoms with Gasteiger partial charge in [0, 0.05) is 45.3 Å². The molecule has 2 aliphatic heterocycles. The van der Waals surface area contributed by atoms with Crippen LogP contribution in [0.2, 0.25) is 0 Å². The van der Waals surface area contributed by atoms with Gasteiger partial charge < -0.3 is 20.0 Å². The molecule has 1 N–H and O–H groups in total. The number of carbonyl (C=O) groups is 1. The molecule has 0 spiro atoms. The van der Waals surface area contributed by atoms with Crippen molar-refractivity contribution >= 4 is 23.4 Å². The molecule has 2 aromatic rings. The predicted molar refractivity (Wildman–Crippen MR) is 112 cm³/mol.